The van der Waals surface area contributed by atoms with E-state index in [2.05, 4.69) is 0 Å². The van der Waals surface area contributed by atoms with Gasteiger partial charge in [0.2, 0.25) is 5.91 Å². The third kappa shape index (κ3) is 2.78. The highest BCUT2D eigenvalue weighted by atomic mass is 19.1. The Morgan fingerprint density at radius 2 is 1.96 bits per heavy atom. The maximum absolute atomic E-state index is 14.1. The molecule has 0 radical (unpaired) electrons. The van der Waals surface area contributed by atoms with Crippen molar-refractivity contribution in [1.29, 1.82) is 0 Å². The van der Waals surface area contributed by atoms with Crippen LogP contribution in [0, 0.1) is 11.6 Å². The van der Waals surface area contributed by atoms with E-state index < -0.39 is 23.6 Å². The van der Waals surface area contributed by atoms with Crippen LogP contribution in [0.5, 0.6) is 11.5 Å². The van der Waals surface area contributed by atoms with Crippen LogP contribution >= 0.6 is 0 Å². The van der Waals surface area contributed by atoms with Gasteiger partial charge in [-0.25, -0.2) is 8.78 Å². The number of carbonyl (C=O) groups is 1. The largest absolute Gasteiger partial charge is 0.493 e. The third-order valence-electron chi connectivity index (χ3n) is 3.74. The molecule has 1 aliphatic heterocycles. The lowest BCUT2D eigenvalue weighted by atomic mass is 10.0. The SMILES string of the molecule is NC(=O)c1cc(N)c(N)c(O[C@H]2CCOc3cc(F)cc(F)c32)c1. The Morgan fingerprint density at radius 1 is 1.21 bits per heavy atom. The number of ether oxygens (including phenoxy) is 2. The van der Waals surface area contributed by atoms with Gasteiger partial charge < -0.3 is 26.7 Å². The maximum Gasteiger partial charge on any atom is 0.248 e. The van der Waals surface area contributed by atoms with Crippen molar-refractivity contribution in [3.63, 3.8) is 0 Å². The van der Waals surface area contributed by atoms with Crippen molar-refractivity contribution in [2.24, 2.45) is 5.73 Å². The number of primary amides is 1. The van der Waals surface area contributed by atoms with Gasteiger partial charge in [-0.1, -0.05) is 0 Å². The van der Waals surface area contributed by atoms with Gasteiger partial charge in [-0.15, -0.1) is 0 Å². The van der Waals surface area contributed by atoms with Crippen LogP contribution in [-0.2, 0) is 0 Å². The highest BCUT2D eigenvalue weighted by Gasteiger charge is 2.28. The Bertz CT molecular complexity index is 827. The van der Waals surface area contributed by atoms with Crippen molar-refractivity contribution in [1.82, 2.24) is 0 Å². The summed E-state index contributed by atoms with van der Waals surface area (Å²) in [5.41, 5.74) is 17.3. The second-order valence-corrected chi connectivity index (χ2v) is 5.38. The summed E-state index contributed by atoms with van der Waals surface area (Å²) in [4.78, 5) is 11.3. The van der Waals surface area contributed by atoms with E-state index in [1.807, 2.05) is 0 Å². The zero-order valence-corrected chi connectivity index (χ0v) is 12.5. The van der Waals surface area contributed by atoms with Crippen molar-refractivity contribution in [2.45, 2.75) is 12.5 Å². The second-order valence-electron chi connectivity index (χ2n) is 5.38. The van der Waals surface area contributed by atoms with Crippen LogP contribution in [0.4, 0.5) is 20.2 Å². The smallest absolute Gasteiger partial charge is 0.248 e. The molecular formula is C16H15F2N3O3. The molecule has 1 heterocycles. The quantitative estimate of drug-likeness (QED) is 0.744. The highest BCUT2D eigenvalue weighted by molar-refractivity contribution is 5.96. The van der Waals surface area contributed by atoms with E-state index in [-0.39, 0.29) is 40.6 Å². The van der Waals surface area contributed by atoms with E-state index in [0.29, 0.717) is 6.42 Å². The van der Waals surface area contributed by atoms with Crippen LogP contribution in [0.2, 0.25) is 0 Å². The van der Waals surface area contributed by atoms with E-state index >= 15 is 0 Å². The molecule has 1 aliphatic rings. The molecule has 0 bridgehead atoms. The number of nitrogens with two attached hydrogens (primary N) is 3. The second kappa shape index (κ2) is 5.88. The van der Waals surface area contributed by atoms with E-state index in [9.17, 15) is 13.6 Å². The zero-order chi connectivity index (χ0) is 17.4. The molecule has 0 saturated heterocycles. The maximum atomic E-state index is 14.1. The fraction of sp³-hybridized carbons (Fsp3) is 0.188. The predicted molar refractivity (Wildman–Crippen MR) is 83.6 cm³/mol. The van der Waals surface area contributed by atoms with Gasteiger partial charge in [0.1, 0.15) is 29.2 Å². The summed E-state index contributed by atoms with van der Waals surface area (Å²) in [7, 11) is 0. The number of nitrogen functional groups attached to an aromatic ring is 2. The zero-order valence-electron chi connectivity index (χ0n) is 12.5. The van der Waals surface area contributed by atoms with Crippen LogP contribution in [-0.4, -0.2) is 12.5 Å². The normalized spacial score (nSPS) is 16.2. The van der Waals surface area contributed by atoms with Gasteiger partial charge in [0.25, 0.3) is 0 Å². The molecule has 2 aromatic carbocycles. The monoisotopic (exact) mass is 335 g/mol. The van der Waals surface area contributed by atoms with Gasteiger partial charge in [0.15, 0.2) is 0 Å². The van der Waals surface area contributed by atoms with Gasteiger partial charge >= 0.3 is 0 Å². The first-order valence-electron chi connectivity index (χ1n) is 7.14. The Hall–Kier alpha value is -3.03. The molecule has 0 unspecified atom stereocenters. The lowest BCUT2D eigenvalue weighted by Crippen LogP contribution is -2.21. The average molecular weight is 335 g/mol. The Morgan fingerprint density at radius 3 is 2.67 bits per heavy atom. The molecule has 0 saturated carbocycles. The summed E-state index contributed by atoms with van der Waals surface area (Å²) in [6.45, 7) is 0.214. The minimum absolute atomic E-state index is 0.0707. The summed E-state index contributed by atoms with van der Waals surface area (Å²) in [5, 5.41) is 0. The minimum atomic E-state index is -0.785. The summed E-state index contributed by atoms with van der Waals surface area (Å²) < 4.78 is 38.5. The number of anilines is 2. The summed E-state index contributed by atoms with van der Waals surface area (Å²) in [5.74, 6) is -2.06. The lowest BCUT2D eigenvalue weighted by Gasteiger charge is -2.27. The number of benzene rings is 2. The van der Waals surface area contributed by atoms with E-state index in [1.54, 1.807) is 0 Å². The average Bonchev–Trinajstić information content (AvgIpc) is 2.50. The molecule has 1 atom stereocenters. The Labute approximate surface area is 136 Å². The summed E-state index contributed by atoms with van der Waals surface area (Å²) in [6.07, 6.45) is -0.449. The van der Waals surface area contributed by atoms with Crippen molar-refractivity contribution >= 4 is 17.3 Å². The molecule has 3 rings (SSSR count). The topological polar surface area (TPSA) is 114 Å². The molecule has 0 aliphatic carbocycles. The Kier molecular flexibility index (Phi) is 3.88. The molecule has 0 spiro atoms. The van der Waals surface area contributed by atoms with Crippen molar-refractivity contribution in [2.75, 3.05) is 18.1 Å². The molecule has 6 nitrogen and oxygen atoms in total. The van der Waals surface area contributed by atoms with Crippen molar-refractivity contribution < 1.29 is 23.0 Å². The van der Waals surface area contributed by atoms with E-state index in [0.717, 1.165) is 12.1 Å². The highest BCUT2D eigenvalue weighted by Crippen LogP contribution is 2.40. The van der Waals surface area contributed by atoms with Crippen LogP contribution in [0.1, 0.15) is 28.4 Å². The molecule has 8 heteroatoms. The fourth-order valence-corrected chi connectivity index (χ4v) is 2.57. The molecule has 126 valence electrons. The van der Waals surface area contributed by atoms with Gasteiger partial charge in [-0.3, -0.25) is 4.79 Å². The number of carbonyl (C=O) groups excluding carboxylic acids is 1. The van der Waals surface area contributed by atoms with Gasteiger partial charge in [0.05, 0.1) is 23.5 Å². The minimum Gasteiger partial charge on any atom is -0.493 e. The lowest BCUT2D eigenvalue weighted by molar-refractivity contribution is 0.0998. The van der Waals surface area contributed by atoms with E-state index in [1.165, 1.54) is 12.1 Å². The first-order chi connectivity index (χ1) is 11.4. The first-order valence-corrected chi connectivity index (χ1v) is 7.14. The molecule has 6 N–H and O–H groups in total. The van der Waals surface area contributed by atoms with Crippen LogP contribution in [0.15, 0.2) is 24.3 Å². The summed E-state index contributed by atoms with van der Waals surface area (Å²) in [6, 6.07) is 4.51. The number of rotatable bonds is 3. The van der Waals surface area contributed by atoms with Gasteiger partial charge in [-0.2, -0.15) is 0 Å². The van der Waals surface area contributed by atoms with Gasteiger partial charge in [0, 0.05) is 24.1 Å². The standard InChI is InChI=1S/C16H15F2N3O3/c17-8-5-9(18)14-11(1-2-23-12(14)6-8)24-13-4-7(16(21)22)3-10(19)15(13)20/h3-6,11H,1-2,19-20H2,(H2,21,22)/t11-/m0/s1. The predicted octanol–water partition coefficient (Wildman–Crippen LogP) is 2.13. The molecule has 1 amide bonds. The molecule has 2 aromatic rings. The van der Waals surface area contributed by atoms with E-state index in [4.69, 9.17) is 26.7 Å². The number of hydrogen-bond donors (Lipinski definition) is 3. The molecule has 24 heavy (non-hydrogen) atoms. The number of hydrogen-bond acceptors (Lipinski definition) is 5. The van der Waals surface area contributed by atoms with Crippen LogP contribution in [0.3, 0.4) is 0 Å². The first kappa shape index (κ1) is 15.9. The van der Waals surface area contributed by atoms with Crippen LogP contribution in [0.25, 0.3) is 0 Å². The van der Waals surface area contributed by atoms with Crippen LogP contribution < -0.4 is 26.7 Å². The fourth-order valence-electron chi connectivity index (χ4n) is 2.57. The molecule has 0 aromatic heterocycles. The molecular weight excluding hydrogens is 320 g/mol. The molecule has 0 fully saturated rings. The third-order valence-corrected chi connectivity index (χ3v) is 3.74. The number of halogens is 2. The summed E-state index contributed by atoms with van der Waals surface area (Å²) >= 11 is 0. The van der Waals surface area contributed by atoms with Crippen molar-refractivity contribution in [3.8, 4) is 11.5 Å². The number of fused-ring (bicyclic) bond motifs is 1. The van der Waals surface area contributed by atoms with Gasteiger partial charge in [-0.05, 0) is 12.1 Å². The Balaban J connectivity index is 2.01. The van der Waals surface area contributed by atoms with Crippen molar-refractivity contribution in [3.05, 3.63) is 47.0 Å². The number of amides is 1.